The summed E-state index contributed by atoms with van der Waals surface area (Å²) in [6.07, 6.45) is 1.36. The fourth-order valence-electron chi connectivity index (χ4n) is 3.13. The van der Waals surface area contributed by atoms with Crippen LogP contribution in [0.15, 0.2) is 10.9 Å². The van der Waals surface area contributed by atoms with Gasteiger partial charge in [0.1, 0.15) is 5.82 Å². The highest BCUT2D eigenvalue weighted by atomic mass is 32.2. The predicted octanol–water partition coefficient (Wildman–Crippen LogP) is -0.165. The second-order valence-electron chi connectivity index (χ2n) is 5.95. The highest BCUT2D eigenvalue weighted by Gasteiger charge is 2.34. The molecule has 2 fully saturated rings. The van der Waals surface area contributed by atoms with E-state index >= 15 is 0 Å². The lowest BCUT2D eigenvalue weighted by atomic mass is 9.94. The Balaban J connectivity index is 1.67. The fraction of sp³-hybridized carbons (Fsp3) is 0.714. The van der Waals surface area contributed by atoms with E-state index in [2.05, 4.69) is 9.97 Å². The quantitative estimate of drug-likeness (QED) is 0.823. The van der Waals surface area contributed by atoms with Gasteiger partial charge in [0.25, 0.3) is 15.8 Å². The molecule has 3 heterocycles. The maximum atomic E-state index is 12.6. The van der Waals surface area contributed by atoms with Gasteiger partial charge < -0.3 is 9.72 Å². The third kappa shape index (κ3) is 3.63. The molecule has 0 aliphatic carbocycles. The highest BCUT2D eigenvalue weighted by molar-refractivity contribution is 7.86. The van der Waals surface area contributed by atoms with Gasteiger partial charge >= 0.3 is 0 Å². The van der Waals surface area contributed by atoms with Gasteiger partial charge in [0.2, 0.25) is 0 Å². The number of aromatic amines is 1. The number of nitrogens with zero attached hydrogens (tertiary/aromatic N) is 3. The van der Waals surface area contributed by atoms with Crippen LogP contribution in [0, 0.1) is 6.92 Å². The zero-order valence-electron chi connectivity index (χ0n) is 13.2. The van der Waals surface area contributed by atoms with Crippen LogP contribution in [0.4, 0.5) is 0 Å². The average molecular weight is 342 g/mol. The molecule has 2 aliphatic rings. The summed E-state index contributed by atoms with van der Waals surface area (Å²) in [5, 5.41) is 0. The van der Waals surface area contributed by atoms with Crippen LogP contribution in [0.25, 0.3) is 0 Å². The van der Waals surface area contributed by atoms with Crippen molar-refractivity contribution in [3.05, 3.63) is 27.9 Å². The van der Waals surface area contributed by atoms with Crippen LogP contribution >= 0.6 is 0 Å². The zero-order chi connectivity index (χ0) is 16.4. The van der Waals surface area contributed by atoms with E-state index in [-0.39, 0.29) is 11.5 Å². The fourth-order valence-corrected chi connectivity index (χ4v) is 4.74. The van der Waals surface area contributed by atoms with Crippen LogP contribution in [-0.2, 0) is 14.9 Å². The first-order valence-corrected chi connectivity index (χ1v) is 9.27. The van der Waals surface area contributed by atoms with E-state index in [0.717, 1.165) is 5.69 Å². The van der Waals surface area contributed by atoms with E-state index in [1.807, 2.05) is 0 Å². The summed E-state index contributed by atoms with van der Waals surface area (Å²) in [5.41, 5.74) is 0.602. The standard InChI is InChI=1S/C14H22N4O4S/c1-11-15-13(10-14(19)16-11)12-2-4-17(5-3-12)23(20,21)18-6-8-22-9-7-18/h10,12H,2-9H2,1H3,(H,15,16,19). The normalized spacial score (nSPS) is 22.3. The Morgan fingerprint density at radius 1 is 1.17 bits per heavy atom. The molecule has 128 valence electrons. The Labute approximate surface area is 135 Å². The lowest BCUT2D eigenvalue weighted by Gasteiger charge is -2.36. The Morgan fingerprint density at radius 2 is 1.78 bits per heavy atom. The lowest BCUT2D eigenvalue weighted by molar-refractivity contribution is 0.0696. The molecule has 0 radical (unpaired) electrons. The van der Waals surface area contributed by atoms with E-state index in [0.29, 0.717) is 58.1 Å². The third-order valence-corrected chi connectivity index (χ3v) is 6.41. The Kier molecular flexibility index (Phi) is 4.81. The number of aryl methyl sites for hydroxylation is 1. The van der Waals surface area contributed by atoms with Gasteiger partial charge in [-0.25, -0.2) is 4.98 Å². The molecule has 0 atom stereocenters. The van der Waals surface area contributed by atoms with Crippen LogP contribution in [0.2, 0.25) is 0 Å². The summed E-state index contributed by atoms with van der Waals surface area (Å²) in [5.74, 6) is 0.725. The highest BCUT2D eigenvalue weighted by Crippen LogP contribution is 2.28. The summed E-state index contributed by atoms with van der Waals surface area (Å²) >= 11 is 0. The van der Waals surface area contributed by atoms with Crippen LogP contribution < -0.4 is 5.56 Å². The van der Waals surface area contributed by atoms with Crippen molar-refractivity contribution in [2.45, 2.75) is 25.7 Å². The molecule has 0 spiro atoms. The van der Waals surface area contributed by atoms with Crippen molar-refractivity contribution in [1.82, 2.24) is 18.6 Å². The van der Waals surface area contributed by atoms with Crippen LogP contribution in [-0.4, -0.2) is 66.4 Å². The molecule has 8 nitrogen and oxygen atoms in total. The third-order valence-electron chi connectivity index (χ3n) is 4.37. The predicted molar refractivity (Wildman–Crippen MR) is 84.5 cm³/mol. The molecule has 1 aromatic rings. The number of morpholine rings is 1. The first-order chi connectivity index (χ1) is 11.0. The van der Waals surface area contributed by atoms with Gasteiger partial charge in [-0.2, -0.15) is 17.0 Å². The Morgan fingerprint density at radius 3 is 2.39 bits per heavy atom. The molecule has 1 aromatic heterocycles. The molecule has 9 heteroatoms. The minimum Gasteiger partial charge on any atom is -0.379 e. The van der Waals surface area contributed by atoms with Gasteiger partial charge in [-0.15, -0.1) is 0 Å². The lowest BCUT2D eigenvalue weighted by Crippen LogP contribution is -2.50. The van der Waals surface area contributed by atoms with E-state index in [9.17, 15) is 13.2 Å². The number of piperidine rings is 1. The summed E-state index contributed by atoms with van der Waals surface area (Å²) < 4.78 is 33.5. The molecule has 0 aromatic carbocycles. The summed E-state index contributed by atoms with van der Waals surface area (Å²) in [6.45, 7) is 4.39. The molecule has 3 rings (SSSR count). The SMILES string of the molecule is Cc1nc(C2CCN(S(=O)(=O)N3CCOCC3)CC2)cc(=O)[nH]1. The molecule has 23 heavy (non-hydrogen) atoms. The molecular formula is C14H22N4O4S. The van der Waals surface area contributed by atoms with Gasteiger partial charge in [0, 0.05) is 38.2 Å². The minimum atomic E-state index is -3.41. The Bertz CT molecular complexity index is 704. The van der Waals surface area contributed by atoms with E-state index < -0.39 is 10.2 Å². The van der Waals surface area contributed by atoms with Gasteiger partial charge in [-0.3, -0.25) is 4.79 Å². The maximum absolute atomic E-state index is 12.6. The van der Waals surface area contributed by atoms with Gasteiger partial charge in [-0.05, 0) is 19.8 Å². The van der Waals surface area contributed by atoms with Crippen molar-refractivity contribution in [1.29, 1.82) is 0 Å². The number of ether oxygens (including phenoxy) is 1. The maximum Gasteiger partial charge on any atom is 0.282 e. The van der Waals surface area contributed by atoms with Crippen molar-refractivity contribution in [3.8, 4) is 0 Å². The largest absolute Gasteiger partial charge is 0.379 e. The van der Waals surface area contributed by atoms with Crippen molar-refractivity contribution >= 4 is 10.2 Å². The summed E-state index contributed by atoms with van der Waals surface area (Å²) in [7, 11) is -3.41. The molecule has 0 bridgehead atoms. The molecular weight excluding hydrogens is 320 g/mol. The first-order valence-electron chi connectivity index (χ1n) is 7.87. The van der Waals surface area contributed by atoms with E-state index in [1.54, 1.807) is 6.92 Å². The minimum absolute atomic E-state index is 0.132. The summed E-state index contributed by atoms with van der Waals surface area (Å²) in [6, 6.07) is 1.52. The number of nitrogens with one attached hydrogen (secondary N) is 1. The molecule has 0 amide bonds. The van der Waals surface area contributed by atoms with Crippen molar-refractivity contribution in [2.24, 2.45) is 0 Å². The van der Waals surface area contributed by atoms with Crippen molar-refractivity contribution in [3.63, 3.8) is 0 Å². The second kappa shape index (κ2) is 6.68. The van der Waals surface area contributed by atoms with Crippen LogP contribution in [0.3, 0.4) is 0 Å². The second-order valence-corrected chi connectivity index (χ2v) is 7.88. The van der Waals surface area contributed by atoms with E-state index in [1.165, 1.54) is 14.7 Å². The number of hydrogen-bond donors (Lipinski definition) is 1. The first kappa shape index (κ1) is 16.6. The van der Waals surface area contributed by atoms with Crippen LogP contribution in [0.5, 0.6) is 0 Å². The monoisotopic (exact) mass is 342 g/mol. The van der Waals surface area contributed by atoms with Crippen molar-refractivity contribution < 1.29 is 13.2 Å². The van der Waals surface area contributed by atoms with Gasteiger partial charge in [0.15, 0.2) is 0 Å². The van der Waals surface area contributed by atoms with Gasteiger partial charge in [-0.1, -0.05) is 0 Å². The van der Waals surface area contributed by atoms with Crippen molar-refractivity contribution in [2.75, 3.05) is 39.4 Å². The zero-order valence-corrected chi connectivity index (χ0v) is 14.0. The number of rotatable bonds is 3. The topological polar surface area (TPSA) is 95.6 Å². The summed E-state index contributed by atoms with van der Waals surface area (Å²) in [4.78, 5) is 18.6. The molecule has 2 aliphatic heterocycles. The smallest absolute Gasteiger partial charge is 0.282 e. The average Bonchev–Trinajstić information content (AvgIpc) is 2.55. The number of hydrogen-bond acceptors (Lipinski definition) is 5. The molecule has 2 saturated heterocycles. The van der Waals surface area contributed by atoms with Gasteiger partial charge in [0.05, 0.1) is 18.9 Å². The number of aromatic nitrogens is 2. The molecule has 1 N–H and O–H groups in total. The van der Waals surface area contributed by atoms with Crippen LogP contribution in [0.1, 0.15) is 30.3 Å². The Hall–Kier alpha value is -1.29. The number of H-pyrrole nitrogens is 1. The van der Waals surface area contributed by atoms with E-state index in [4.69, 9.17) is 4.74 Å². The molecule has 0 unspecified atom stereocenters. The molecule has 0 saturated carbocycles.